The average Bonchev–Trinajstić information content (AvgIpc) is 3.16. The van der Waals surface area contributed by atoms with Gasteiger partial charge in [-0.1, -0.05) is 12.1 Å². The number of nitrogens with zero attached hydrogens (tertiary/aromatic N) is 2. The van der Waals surface area contributed by atoms with Gasteiger partial charge in [-0.05, 0) is 36.4 Å². The molecule has 28 heavy (non-hydrogen) atoms. The highest BCUT2D eigenvalue weighted by atomic mass is 19.1. The van der Waals surface area contributed by atoms with Crippen LogP contribution in [0.3, 0.4) is 0 Å². The summed E-state index contributed by atoms with van der Waals surface area (Å²) in [4.78, 5) is 26.2. The van der Waals surface area contributed by atoms with Crippen molar-refractivity contribution in [1.29, 1.82) is 0 Å². The van der Waals surface area contributed by atoms with E-state index < -0.39 is 5.97 Å². The number of hydrogen-bond donors (Lipinski definition) is 1. The molecule has 4 rings (SSSR count). The summed E-state index contributed by atoms with van der Waals surface area (Å²) in [5.74, 6) is -0.906. The first-order valence-electron chi connectivity index (χ1n) is 8.86. The van der Waals surface area contributed by atoms with Gasteiger partial charge in [0.15, 0.2) is 0 Å². The van der Waals surface area contributed by atoms with Crippen molar-refractivity contribution in [2.75, 3.05) is 13.7 Å². The Labute approximate surface area is 160 Å². The van der Waals surface area contributed by atoms with Crippen molar-refractivity contribution in [3.05, 3.63) is 76.7 Å². The summed E-state index contributed by atoms with van der Waals surface area (Å²) in [5, 5.41) is 7.34. The van der Waals surface area contributed by atoms with E-state index >= 15 is 0 Å². The second kappa shape index (κ2) is 7.26. The Morgan fingerprint density at radius 2 is 1.89 bits per heavy atom. The first kappa shape index (κ1) is 17.9. The summed E-state index contributed by atoms with van der Waals surface area (Å²) in [6, 6.07) is 12.6. The maximum atomic E-state index is 13.6. The first-order valence-corrected chi connectivity index (χ1v) is 8.86. The fourth-order valence-corrected chi connectivity index (χ4v) is 3.39. The van der Waals surface area contributed by atoms with Crippen molar-refractivity contribution < 1.29 is 18.7 Å². The van der Waals surface area contributed by atoms with Crippen LogP contribution in [0.2, 0.25) is 0 Å². The molecular weight excluding hydrogens is 361 g/mol. The zero-order valence-corrected chi connectivity index (χ0v) is 15.2. The Morgan fingerprint density at radius 1 is 1.14 bits per heavy atom. The van der Waals surface area contributed by atoms with E-state index in [1.165, 1.54) is 19.2 Å². The molecule has 3 aromatic rings. The standard InChI is InChI=1S/C21H18FN3O3/c1-28-21(27)14-7-5-13(6-8-14)20(26)25-10-9-18-17(12-25)19(24-23-18)15-3-2-4-16(22)11-15/h2-8,11H,9-10,12H2,1H3,(H,23,24). The average molecular weight is 379 g/mol. The second-order valence-corrected chi connectivity index (χ2v) is 6.59. The quantitative estimate of drug-likeness (QED) is 0.709. The van der Waals surface area contributed by atoms with Gasteiger partial charge in [0.05, 0.1) is 18.4 Å². The number of benzene rings is 2. The van der Waals surface area contributed by atoms with Crippen LogP contribution in [-0.4, -0.2) is 40.6 Å². The van der Waals surface area contributed by atoms with Crippen LogP contribution < -0.4 is 0 Å². The highest BCUT2D eigenvalue weighted by molar-refractivity contribution is 5.96. The van der Waals surface area contributed by atoms with Gasteiger partial charge in [0.1, 0.15) is 5.82 Å². The van der Waals surface area contributed by atoms with E-state index in [1.54, 1.807) is 41.3 Å². The zero-order chi connectivity index (χ0) is 19.7. The van der Waals surface area contributed by atoms with E-state index in [9.17, 15) is 14.0 Å². The van der Waals surface area contributed by atoms with Crippen molar-refractivity contribution >= 4 is 11.9 Å². The number of methoxy groups -OCH3 is 1. The van der Waals surface area contributed by atoms with Crippen molar-refractivity contribution in [2.45, 2.75) is 13.0 Å². The number of nitrogens with one attached hydrogen (secondary N) is 1. The van der Waals surface area contributed by atoms with E-state index in [4.69, 9.17) is 0 Å². The molecule has 0 radical (unpaired) electrons. The molecule has 2 aromatic carbocycles. The predicted octanol–water partition coefficient (Wildman–Crippen LogP) is 3.20. The van der Waals surface area contributed by atoms with Crippen molar-refractivity contribution in [3.8, 4) is 11.3 Å². The number of amides is 1. The van der Waals surface area contributed by atoms with E-state index in [1.807, 2.05) is 0 Å². The molecule has 1 aliphatic rings. The smallest absolute Gasteiger partial charge is 0.337 e. The summed E-state index contributed by atoms with van der Waals surface area (Å²) >= 11 is 0. The fraction of sp³-hybridized carbons (Fsp3) is 0.190. The molecule has 0 aliphatic carbocycles. The Balaban J connectivity index is 1.57. The van der Waals surface area contributed by atoms with Crippen LogP contribution >= 0.6 is 0 Å². The zero-order valence-electron chi connectivity index (χ0n) is 15.2. The van der Waals surface area contributed by atoms with Crippen molar-refractivity contribution in [2.24, 2.45) is 0 Å². The van der Waals surface area contributed by atoms with Gasteiger partial charge in [-0.25, -0.2) is 9.18 Å². The van der Waals surface area contributed by atoms with Crippen LogP contribution in [0.1, 0.15) is 32.0 Å². The molecule has 142 valence electrons. The number of ether oxygens (including phenoxy) is 1. The number of halogens is 1. The number of carbonyl (C=O) groups excluding carboxylic acids is 2. The van der Waals surface area contributed by atoms with Gasteiger partial charge >= 0.3 is 5.97 Å². The lowest BCUT2D eigenvalue weighted by atomic mass is 10.00. The minimum atomic E-state index is -0.445. The second-order valence-electron chi connectivity index (χ2n) is 6.59. The lowest BCUT2D eigenvalue weighted by Crippen LogP contribution is -2.35. The number of aromatic nitrogens is 2. The summed E-state index contributed by atoms with van der Waals surface area (Å²) in [7, 11) is 1.31. The van der Waals surface area contributed by atoms with Crippen LogP contribution in [0.5, 0.6) is 0 Å². The number of fused-ring (bicyclic) bond motifs is 1. The topological polar surface area (TPSA) is 75.3 Å². The van der Waals surface area contributed by atoms with Crippen LogP contribution in [0, 0.1) is 5.82 Å². The van der Waals surface area contributed by atoms with Gasteiger partial charge in [0, 0.05) is 41.9 Å². The van der Waals surface area contributed by atoms with Gasteiger partial charge in [-0.3, -0.25) is 9.89 Å². The first-order chi connectivity index (χ1) is 13.6. The van der Waals surface area contributed by atoms with E-state index in [0.717, 1.165) is 11.3 Å². The number of hydrogen-bond acceptors (Lipinski definition) is 4. The Hall–Kier alpha value is -3.48. The fourth-order valence-electron chi connectivity index (χ4n) is 3.39. The predicted molar refractivity (Wildman–Crippen MR) is 100 cm³/mol. The molecule has 1 N–H and O–H groups in total. The molecule has 0 saturated heterocycles. The van der Waals surface area contributed by atoms with Crippen LogP contribution in [0.25, 0.3) is 11.3 Å². The lowest BCUT2D eigenvalue weighted by Gasteiger charge is -2.27. The molecular formula is C21H18FN3O3. The molecule has 7 heteroatoms. The Morgan fingerprint density at radius 3 is 2.61 bits per heavy atom. The van der Waals surface area contributed by atoms with Gasteiger partial charge in [-0.2, -0.15) is 5.10 Å². The molecule has 0 fully saturated rings. The normalized spacial score (nSPS) is 13.1. The minimum absolute atomic E-state index is 0.131. The number of rotatable bonds is 3. The molecule has 1 aromatic heterocycles. The molecule has 1 amide bonds. The number of esters is 1. The van der Waals surface area contributed by atoms with Crippen LogP contribution in [0.15, 0.2) is 48.5 Å². The summed E-state index contributed by atoms with van der Waals surface area (Å²) in [5.41, 5.74) is 4.08. The highest BCUT2D eigenvalue weighted by Crippen LogP contribution is 2.29. The number of aromatic amines is 1. The monoisotopic (exact) mass is 379 g/mol. The molecule has 0 bridgehead atoms. The van der Waals surface area contributed by atoms with Crippen LogP contribution in [-0.2, 0) is 17.7 Å². The number of carbonyl (C=O) groups is 2. The van der Waals surface area contributed by atoms with Crippen LogP contribution in [0.4, 0.5) is 4.39 Å². The lowest BCUT2D eigenvalue weighted by molar-refractivity contribution is 0.0599. The largest absolute Gasteiger partial charge is 0.465 e. The summed E-state index contributed by atoms with van der Waals surface area (Å²) < 4.78 is 18.3. The van der Waals surface area contributed by atoms with Gasteiger partial charge in [-0.15, -0.1) is 0 Å². The summed E-state index contributed by atoms with van der Waals surface area (Å²) in [6.07, 6.45) is 0.642. The van der Waals surface area contributed by atoms with Crippen molar-refractivity contribution in [3.63, 3.8) is 0 Å². The maximum absolute atomic E-state index is 13.6. The highest BCUT2D eigenvalue weighted by Gasteiger charge is 2.26. The molecule has 0 atom stereocenters. The molecule has 2 heterocycles. The maximum Gasteiger partial charge on any atom is 0.337 e. The molecule has 0 unspecified atom stereocenters. The number of H-pyrrole nitrogens is 1. The van der Waals surface area contributed by atoms with Gasteiger partial charge in [0.2, 0.25) is 0 Å². The molecule has 6 nitrogen and oxygen atoms in total. The minimum Gasteiger partial charge on any atom is -0.465 e. The van der Waals surface area contributed by atoms with E-state index in [2.05, 4.69) is 14.9 Å². The van der Waals surface area contributed by atoms with E-state index in [0.29, 0.717) is 41.9 Å². The third-order valence-electron chi connectivity index (χ3n) is 4.87. The van der Waals surface area contributed by atoms with E-state index in [-0.39, 0.29) is 11.7 Å². The third-order valence-corrected chi connectivity index (χ3v) is 4.87. The Bertz CT molecular complexity index is 1040. The SMILES string of the molecule is COC(=O)c1ccc(C(=O)N2CCc3[nH]nc(-c4cccc(F)c4)c3C2)cc1. The van der Waals surface area contributed by atoms with Gasteiger partial charge < -0.3 is 9.64 Å². The molecule has 0 saturated carbocycles. The Kier molecular flexibility index (Phi) is 4.65. The molecule has 1 aliphatic heterocycles. The van der Waals surface area contributed by atoms with Gasteiger partial charge in [0.25, 0.3) is 5.91 Å². The van der Waals surface area contributed by atoms with Crippen molar-refractivity contribution in [1.82, 2.24) is 15.1 Å². The third kappa shape index (κ3) is 3.26. The summed E-state index contributed by atoms with van der Waals surface area (Å²) in [6.45, 7) is 0.935. The molecule has 0 spiro atoms.